The van der Waals surface area contributed by atoms with E-state index < -0.39 is 0 Å². The number of rotatable bonds is 5. The highest BCUT2D eigenvalue weighted by molar-refractivity contribution is 5.30. The number of nitrogens with zero attached hydrogens (tertiary/aromatic N) is 4. The maximum atomic E-state index is 4.60. The normalized spacial score (nSPS) is 31.9. The Morgan fingerprint density at radius 2 is 1.71 bits per heavy atom. The number of aryl methyl sites for hydroxylation is 2. The molecule has 4 saturated heterocycles. The standard InChI is InChI=1S/C24H32N4/c1-3-4-22-25-13-18(14-26-22)15-28-16-21(19-7-5-17(2)6-8-19)24-23(28)20-9-11-27(24)12-10-20/h5-8,13-14,20-21,23-24H,3-4,9-12,15-16H2,1-2H3/t21-,23-,24-/m0/s1. The van der Waals surface area contributed by atoms with Gasteiger partial charge in [-0.3, -0.25) is 9.80 Å². The van der Waals surface area contributed by atoms with E-state index in [0.29, 0.717) is 18.0 Å². The number of fused-ring (bicyclic) bond motifs is 2. The Bertz CT molecular complexity index is 792. The summed E-state index contributed by atoms with van der Waals surface area (Å²) in [6.07, 6.45) is 8.93. The zero-order chi connectivity index (χ0) is 19.1. The number of hydrogen-bond donors (Lipinski definition) is 0. The summed E-state index contributed by atoms with van der Waals surface area (Å²) in [6.45, 7) is 9.08. The van der Waals surface area contributed by atoms with Crippen molar-refractivity contribution in [1.29, 1.82) is 0 Å². The quantitative estimate of drug-likeness (QED) is 0.794. The fraction of sp³-hybridized carbons (Fsp3) is 0.583. The first-order valence-electron chi connectivity index (χ1n) is 11.1. The second-order valence-corrected chi connectivity index (χ2v) is 9.06. The number of hydrogen-bond acceptors (Lipinski definition) is 4. The highest BCUT2D eigenvalue weighted by Gasteiger charge is 2.53. The van der Waals surface area contributed by atoms with Crippen LogP contribution in [0.4, 0.5) is 0 Å². The molecule has 4 aliphatic rings. The van der Waals surface area contributed by atoms with Crippen molar-refractivity contribution >= 4 is 0 Å². The zero-order valence-electron chi connectivity index (χ0n) is 17.2. The zero-order valence-corrected chi connectivity index (χ0v) is 17.2. The molecule has 6 rings (SSSR count). The number of aromatic nitrogens is 2. The second-order valence-electron chi connectivity index (χ2n) is 9.06. The lowest BCUT2D eigenvalue weighted by molar-refractivity contribution is -0.00874. The lowest BCUT2D eigenvalue weighted by Crippen LogP contribution is -2.59. The third-order valence-corrected chi connectivity index (χ3v) is 7.22. The van der Waals surface area contributed by atoms with Gasteiger partial charge in [0.1, 0.15) is 5.82 Å². The van der Waals surface area contributed by atoms with Crippen LogP contribution < -0.4 is 0 Å². The molecular weight excluding hydrogens is 344 g/mol. The van der Waals surface area contributed by atoms with Crippen molar-refractivity contribution in [3.8, 4) is 0 Å². The monoisotopic (exact) mass is 376 g/mol. The van der Waals surface area contributed by atoms with Gasteiger partial charge in [0.05, 0.1) is 0 Å². The summed E-state index contributed by atoms with van der Waals surface area (Å²) in [4.78, 5) is 14.7. The van der Waals surface area contributed by atoms with Crippen molar-refractivity contribution in [3.63, 3.8) is 0 Å². The number of piperidine rings is 3. The predicted octanol–water partition coefficient (Wildman–Crippen LogP) is 3.80. The second kappa shape index (κ2) is 7.57. The molecule has 5 heterocycles. The van der Waals surface area contributed by atoms with E-state index in [4.69, 9.17) is 0 Å². The van der Waals surface area contributed by atoms with E-state index in [1.54, 1.807) is 0 Å². The third kappa shape index (κ3) is 3.27. The van der Waals surface area contributed by atoms with Gasteiger partial charge in [-0.05, 0) is 50.8 Å². The summed E-state index contributed by atoms with van der Waals surface area (Å²) < 4.78 is 0. The summed E-state index contributed by atoms with van der Waals surface area (Å²) in [7, 11) is 0. The Hall–Kier alpha value is -1.78. The molecule has 0 aliphatic carbocycles. The molecule has 0 amide bonds. The van der Waals surface area contributed by atoms with Crippen LogP contribution in [0, 0.1) is 12.8 Å². The Kier molecular flexibility index (Phi) is 4.93. The van der Waals surface area contributed by atoms with Gasteiger partial charge in [0.15, 0.2) is 0 Å². The Labute approximate surface area is 169 Å². The summed E-state index contributed by atoms with van der Waals surface area (Å²) >= 11 is 0. The van der Waals surface area contributed by atoms with Crippen molar-refractivity contribution in [2.75, 3.05) is 19.6 Å². The van der Waals surface area contributed by atoms with Gasteiger partial charge in [-0.1, -0.05) is 36.8 Å². The average molecular weight is 377 g/mol. The van der Waals surface area contributed by atoms with Crippen molar-refractivity contribution in [2.45, 2.75) is 64.1 Å². The Morgan fingerprint density at radius 3 is 2.39 bits per heavy atom. The molecule has 4 heteroatoms. The molecule has 0 N–H and O–H groups in total. The minimum absolute atomic E-state index is 0.619. The van der Waals surface area contributed by atoms with Gasteiger partial charge in [0.2, 0.25) is 0 Å². The molecule has 28 heavy (non-hydrogen) atoms. The smallest absolute Gasteiger partial charge is 0.128 e. The van der Waals surface area contributed by atoms with Crippen LogP contribution in [-0.2, 0) is 13.0 Å². The average Bonchev–Trinajstić information content (AvgIpc) is 3.13. The van der Waals surface area contributed by atoms with E-state index in [1.807, 2.05) is 0 Å². The first-order valence-corrected chi connectivity index (χ1v) is 11.1. The van der Waals surface area contributed by atoms with Gasteiger partial charge in [0, 0.05) is 55.5 Å². The molecule has 2 bridgehead atoms. The molecule has 0 radical (unpaired) electrons. The van der Waals surface area contributed by atoms with Crippen molar-refractivity contribution in [2.24, 2.45) is 5.92 Å². The van der Waals surface area contributed by atoms with Crippen LogP contribution >= 0.6 is 0 Å². The minimum Gasteiger partial charge on any atom is -0.298 e. The largest absolute Gasteiger partial charge is 0.298 e. The van der Waals surface area contributed by atoms with Gasteiger partial charge in [-0.15, -0.1) is 0 Å². The number of benzene rings is 1. The van der Waals surface area contributed by atoms with Gasteiger partial charge in [-0.2, -0.15) is 0 Å². The van der Waals surface area contributed by atoms with Crippen LogP contribution in [-0.4, -0.2) is 51.5 Å². The van der Waals surface area contributed by atoms with Gasteiger partial charge < -0.3 is 0 Å². The van der Waals surface area contributed by atoms with Crippen LogP contribution in [0.25, 0.3) is 0 Å². The van der Waals surface area contributed by atoms with E-state index in [2.05, 4.69) is 70.3 Å². The first-order chi connectivity index (χ1) is 13.7. The summed E-state index contributed by atoms with van der Waals surface area (Å²) in [5, 5.41) is 0. The molecule has 0 unspecified atom stereocenters. The highest BCUT2D eigenvalue weighted by Crippen LogP contribution is 2.46. The van der Waals surface area contributed by atoms with Crippen LogP contribution in [0.5, 0.6) is 0 Å². The molecule has 4 fully saturated rings. The molecular formula is C24H32N4. The molecule has 148 valence electrons. The SMILES string of the molecule is CCCc1ncc(CN2C[C@@H](c3ccc(C)cc3)[C@H]3[C@@H]2C2CCN3CC2)cn1. The third-order valence-electron chi connectivity index (χ3n) is 7.22. The number of likely N-dealkylation sites (tertiary alicyclic amines) is 1. The molecule has 3 atom stereocenters. The minimum atomic E-state index is 0.619. The molecule has 0 saturated carbocycles. The lowest BCUT2D eigenvalue weighted by atomic mass is 9.75. The van der Waals surface area contributed by atoms with E-state index >= 15 is 0 Å². The van der Waals surface area contributed by atoms with Gasteiger partial charge in [-0.25, -0.2) is 9.97 Å². The van der Waals surface area contributed by atoms with Crippen molar-refractivity contribution in [1.82, 2.24) is 19.8 Å². The fourth-order valence-corrected chi connectivity index (χ4v) is 5.88. The molecule has 2 aromatic rings. The molecule has 1 aromatic heterocycles. The predicted molar refractivity (Wildman–Crippen MR) is 112 cm³/mol. The van der Waals surface area contributed by atoms with Gasteiger partial charge in [0.25, 0.3) is 0 Å². The maximum absolute atomic E-state index is 4.60. The topological polar surface area (TPSA) is 32.3 Å². The lowest BCUT2D eigenvalue weighted by Gasteiger charge is -2.51. The summed E-state index contributed by atoms with van der Waals surface area (Å²) in [6, 6.07) is 10.7. The van der Waals surface area contributed by atoms with E-state index in [9.17, 15) is 0 Å². The Morgan fingerprint density at radius 1 is 1.00 bits per heavy atom. The van der Waals surface area contributed by atoms with Crippen LogP contribution in [0.15, 0.2) is 36.7 Å². The first kappa shape index (κ1) is 18.3. The molecule has 1 aromatic carbocycles. The van der Waals surface area contributed by atoms with Gasteiger partial charge >= 0.3 is 0 Å². The van der Waals surface area contributed by atoms with Crippen LogP contribution in [0.2, 0.25) is 0 Å². The van der Waals surface area contributed by atoms with E-state index in [1.165, 1.54) is 42.6 Å². The maximum Gasteiger partial charge on any atom is 0.128 e. The molecule has 0 spiro atoms. The van der Waals surface area contributed by atoms with E-state index in [0.717, 1.165) is 37.7 Å². The van der Waals surface area contributed by atoms with Crippen LogP contribution in [0.1, 0.15) is 54.6 Å². The van der Waals surface area contributed by atoms with Crippen LogP contribution in [0.3, 0.4) is 0 Å². The molecule has 4 aliphatic heterocycles. The van der Waals surface area contributed by atoms with E-state index in [-0.39, 0.29) is 0 Å². The van der Waals surface area contributed by atoms with Crippen molar-refractivity contribution in [3.05, 3.63) is 59.2 Å². The fourth-order valence-electron chi connectivity index (χ4n) is 5.88. The summed E-state index contributed by atoms with van der Waals surface area (Å²) in [5.41, 5.74) is 4.13. The summed E-state index contributed by atoms with van der Waals surface area (Å²) in [5.74, 6) is 2.45. The Balaban J connectivity index is 1.41. The van der Waals surface area contributed by atoms with Crippen molar-refractivity contribution < 1.29 is 0 Å². The molecule has 4 nitrogen and oxygen atoms in total. The highest BCUT2D eigenvalue weighted by atomic mass is 15.3.